The summed E-state index contributed by atoms with van der Waals surface area (Å²) < 4.78 is 0.287. The largest absolute Gasteiger partial charge is 0.481 e. The minimum Gasteiger partial charge on any atom is -0.481 e. The fourth-order valence-corrected chi connectivity index (χ4v) is 0.775. The second kappa shape index (κ2) is 17.7. The van der Waals surface area contributed by atoms with Crippen molar-refractivity contribution in [3.63, 3.8) is 0 Å². The van der Waals surface area contributed by atoms with Crippen molar-refractivity contribution in [1.29, 1.82) is 0 Å². The molecule has 0 amide bonds. The fourth-order valence-electron chi connectivity index (χ4n) is 0.258. The molecule has 2 N–H and O–H groups in total. The molecule has 0 radical (unpaired) electrons. The van der Waals surface area contributed by atoms with E-state index < -0.39 is 11.9 Å². The van der Waals surface area contributed by atoms with Crippen LogP contribution in [0.4, 0.5) is 0 Å². The summed E-state index contributed by atoms with van der Waals surface area (Å²) in [6.07, 6.45) is 2.28. The van der Waals surface area contributed by atoms with E-state index in [1.807, 2.05) is 0 Å². The number of thiol groups is 4. The van der Waals surface area contributed by atoms with E-state index in [1.54, 1.807) is 0 Å². The number of carbonyl (C=O) groups is 2. The topological polar surface area (TPSA) is 74.6 Å². The maximum atomic E-state index is 9.29. The lowest BCUT2D eigenvalue weighted by atomic mass is 10.4. The van der Waals surface area contributed by atoms with Gasteiger partial charge in [0.15, 0.2) is 0 Å². The van der Waals surface area contributed by atoms with Gasteiger partial charge in [0.05, 0.1) is 11.5 Å². The lowest BCUT2D eigenvalue weighted by Crippen LogP contribution is -1.92. The average Bonchev–Trinajstić information content (AvgIpc) is 2.19. The molecule has 0 unspecified atom stereocenters. The van der Waals surface area contributed by atoms with Crippen molar-refractivity contribution in [2.75, 3.05) is 11.5 Å². The van der Waals surface area contributed by atoms with Gasteiger partial charge in [0, 0.05) is 4.58 Å². The second-order valence-electron chi connectivity index (χ2n) is 2.37. The Morgan fingerprint density at radius 2 is 1.31 bits per heavy atom. The van der Waals surface area contributed by atoms with E-state index in [-0.39, 0.29) is 16.1 Å². The Morgan fingerprint density at radius 1 is 1.06 bits per heavy atom. The first-order chi connectivity index (χ1) is 7.31. The monoisotopic (exact) mass is 306 g/mol. The number of carboxylic acid groups (broad SMARTS) is 2. The lowest BCUT2D eigenvalue weighted by Gasteiger charge is -1.94. The number of aliphatic carboxylic acids is 2. The molecular formula is C8H18O4S4. The number of rotatable bonds is 4. The van der Waals surface area contributed by atoms with Gasteiger partial charge in [0.2, 0.25) is 0 Å². The standard InChI is InChI=1S/C4H10S2.2C2H4O2S/c1-2-3-4(5)6;2*3-2(4)1-5/h4-6H,2-3H2,1H3;2*5H,1H2,(H,3,4). The molecule has 0 bridgehead atoms. The first kappa shape index (κ1) is 21.6. The molecule has 0 aliphatic heterocycles. The fraction of sp³-hybridized carbons (Fsp3) is 0.750. The maximum absolute atomic E-state index is 9.29. The highest BCUT2D eigenvalue weighted by atomic mass is 32.2. The lowest BCUT2D eigenvalue weighted by molar-refractivity contribution is -0.134. The molecule has 0 heterocycles. The van der Waals surface area contributed by atoms with E-state index in [2.05, 4.69) is 57.4 Å². The van der Waals surface area contributed by atoms with Gasteiger partial charge in [0.25, 0.3) is 0 Å². The van der Waals surface area contributed by atoms with Crippen molar-refractivity contribution < 1.29 is 19.8 Å². The van der Waals surface area contributed by atoms with E-state index in [0.717, 1.165) is 6.42 Å². The van der Waals surface area contributed by atoms with Crippen LogP contribution in [0.3, 0.4) is 0 Å². The van der Waals surface area contributed by atoms with Crippen LogP contribution in [0.15, 0.2) is 0 Å². The Morgan fingerprint density at radius 3 is 1.31 bits per heavy atom. The van der Waals surface area contributed by atoms with E-state index in [1.165, 1.54) is 6.42 Å². The van der Waals surface area contributed by atoms with Crippen molar-refractivity contribution in [1.82, 2.24) is 0 Å². The first-order valence-corrected chi connectivity index (χ1v) is 6.62. The number of carboxylic acids is 2. The highest BCUT2D eigenvalue weighted by Gasteiger charge is 1.87. The summed E-state index contributed by atoms with van der Waals surface area (Å²) in [7, 11) is 0. The summed E-state index contributed by atoms with van der Waals surface area (Å²) in [5.41, 5.74) is 0. The van der Waals surface area contributed by atoms with Gasteiger partial charge in [-0.2, -0.15) is 50.5 Å². The molecular weight excluding hydrogens is 288 g/mol. The molecule has 0 aliphatic rings. The van der Waals surface area contributed by atoms with Gasteiger partial charge in [-0.15, -0.1) is 0 Å². The molecule has 0 rings (SSSR count). The van der Waals surface area contributed by atoms with E-state index in [4.69, 9.17) is 10.2 Å². The predicted octanol–water partition coefficient (Wildman–Crippen LogP) is 1.97. The van der Waals surface area contributed by atoms with Crippen molar-refractivity contribution in [2.24, 2.45) is 0 Å². The van der Waals surface area contributed by atoms with Gasteiger partial charge in [-0.3, -0.25) is 9.59 Å². The van der Waals surface area contributed by atoms with Crippen LogP contribution < -0.4 is 0 Å². The number of hydrogen-bond donors (Lipinski definition) is 6. The molecule has 16 heavy (non-hydrogen) atoms. The number of hydrogen-bond acceptors (Lipinski definition) is 6. The summed E-state index contributed by atoms with van der Waals surface area (Å²) in [5.74, 6) is -1.93. The molecule has 0 spiro atoms. The summed E-state index contributed by atoms with van der Waals surface area (Å²) in [6, 6.07) is 0. The Balaban J connectivity index is -0.000000160. The molecule has 0 aromatic rings. The Labute approximate surface area is 118 Å². The van der Waals surface area contributed by atoms with Gasteiger partial charge in [-0.25, -0.2) is 0 Å². The quantitative estimate of drug-likeness (QED) is 0.355. The molecule has 0 fully saturated rings. The van der Waals surface area contributed by atoms with Gasteiger partial charge in [-0.05, 0) is 6.42 Å². The zero-order valence-electron chi connectivity index (χ0n) is 8.91. The van der Waals surface area contributed by atoms with Crippen LogP contribution >= 0.6 is 50.5 Å². The van der Waals surface area contributed by atoms with Crippen molar-refractivity contribution >= 4 is 62.5 Å². The Hall–Kier alpha value is 0.340. The van der Waals surface area contributed by atoms with Crippen LogP contribution in [-0.2, 0) is 9.59 Å². The van der Waals surface area contributed by atoms with Gasteiger partial charge < -0.3 is 10.2 Å². The van der Waals surface area contributed by atoms with Crippen molar-refractivity contribution in [2.45, 2.75) is 24.3 Å². The molecule has 0 aromatic carbocycles. The minimum absolute atomic E-state index is 0.0833. The summed E-state index contributed by atoms with van der Waals surface area (Å²) in [4.78, 5) is 18.6. The normalized spacial score (nSPS) is 8.38. The molecule has 0 saturated carbocycles. The van der Waals surface area contributed by atoms with Crippen LogP contribution in [0.1, 0.15) is 19.8 Å². The van der Waals surface area contributed by atoms with E-state index in [0.29, 0.717) is 0 Å². The zero-order valence-corrected chi connectivity index (χ0v) is 12.5. The second-order valence-corrected chi connectivity index (χ2v) is 4.66. The zero-order chi connectivity index (χ0) is 13.6. The average molecular weight is 306 g/mol. The van der Waals surface area contributed by atoms with Crippen LogP contribution in [0.25, 0.3) is 0 Å². The van der Waals surface area contributed by atoms with E-state index >= 15 is 0 Å². The summed E-state index contributed by atoms with van der Waals surface area (Å²) >= 11 is 14.9. The SMILES string of the molecule is CCCC(S)S.O=C(O)CS.O=C(O)CS. The first-order valence-electron chi connectivity index (χ1n) is 4.33. The third-order valence-corrected chi connectivity index (χ3v) is 1.87. The van der Waals surface area contributed by atoms with Crippen LogP contribution in [0.5, 0.6) is 0 Å². The van der Waals surface area contributed by atoms with Crippen LogP contribution in [0, 0.1) is 0 Å². The maximum Gasteiger partial charge on any atom is 0.313 e. The van der Waals surface area contributed by atoms with E-state index in [9.17, 15) is 9.59 Å². The van der Waals surface area contributed by atoms with Crippen LogP contribution in [0.2, 0.25) is 0 Å². The predicted molar refractivity (Wildman–Crippen MR) is 79.6 cm³/mol. The van der Waals surface area contributed by atoms with Gasteiger partial charge in [0.1, 0.15) is 0 Å². The highest BCUT2D eigenvalue weighted by molar-refractivity contribution is 7.99. The van der Waals surface area contributed by atoms with Gasteiger partial charge >= 0.3 is 11.9 Å². The Bertz CT molecular complexity index is 161. The minimum atomic E-state index is -0.881. The van der Waals surface area contributed by atoms with Crippen molar-refractivity contribution in [3.8, 4) is 0 Å². The third kappa shape index (κ3) is 47.4. The molecule has 0 aliphatic carbocycles. The molecule has 4 nitrogen and oxygen atoms in total. The highest BCUT2D eigenvalue weighted by Crippen LogP contribution is 2.06. The molecule has 8 heteroatoms. The molecule has 0 aromatic heterocycles. The molecule has 0 saturated heterocycles. The van der Waals surface area contributed by atoms with Crippen LogP contribution in [-0.4, -0.2) is 38.2 Å². The Kier molecular flexibility index (Phi) is 23.9. The van der Waals surface area contributed by atoms with Crippen molar-refractivity contribution in [3.05, 3.63) is 0 Å². The molecule has 0 atom stereocenters. The summed E-state index contributed by atoms with van der Waals surface area (Å²) in [5, 5.41) is 15.3. The third-order valence-electron chi connectivity index (χ3n) is 0.817. The smallest absolute Gasteiger partial charge is 0.313 e. The molecule has 98 valence electrons. The summed E-state index contributed by atoms with van der Waals surface area (Å²) in [6.45, 7) is 2.12. The van der Waals surface area contributed by atoms with Gasteiger partial charge in [-0.1, -0.05) is 13.3 Å².